The number of benzene rings is 1. The van der Waals surface area contributed by atoms with Crippen molar-refractivity contribution in [2.75, 3.05) is 13.2 Å². The van der Waals surface area contributed by atoms with Crippen molar-refractivity contribution in [3.05, 3.63) is 35.9 Å². The standard InChI is InChI=1S/C16H19N3O4/c1-11(12-5-3-2-4-6-12)9-17-15(21)10-23-16(22)13-7-8-14(20)19-18-13/h2-6,11H,7-10H2,1H3,(H,17,21)(H,19,20)/t11-/m1/s1. The fourth-order valence-electron chi connectivity index (χ4n) is 2.05. The fourth-order valence-corrected chi connectivity index (χ4v) is 2.05. The van der Waals surface area contributed by atoms with E-state index < -0.39 is 5.97 Å². The molecular formula is C16H19N3O4. The van der Waals surface area contributed by atoms with Gasteiger partial charge in [-0.2, -0.15) is 5.10 Å². The summed E-state index contributed by atoms with van der Waals surface area (Å²) in [5.74, 6) is -1.14. The topological polar surface area (TPSA) is 96.9 Å². The van der Waals surface area contributed by atoms with E-state index in [9.17, 15) is 14.4 Å². The average Bonchev–Trinajstić information content (AvgIpc) is 2.59. The van der Waals surface area contributed by atoms with Crippen LogP contribution in [0.1, 0.15) is 31.2 Å². The predicted octanol–water partition coefficient (Wildman–Crippen LogP) is 0.716. The lowest BCUT2D eigenvalue weighted by molar-refractivity contribution is -0.142. The van der Waals surface area contributed by atoms with Gasteiger partial charge in [-0.3, -0.25) is 9.59 Å². The third-order valence-corrected chi connectivity index (χ3v) is 3.45. The molecule has 7 nitrogen and oxygen atoms in total. The van der Waals surface area contributed by atoms with Crippen LogP contribution < -0.4 is 10.7 Å². The number of carbonyl (C=O) groups excluding carboxylic acids is 3. The molecule has 0 aliphatic carbocycles. The molecule has 1 aromatic rings. The number of amides is 2. The van der Waals surface area contributed by atoms with Crippen LogP contribution >= 0.6 is 0 Å². The zero-order valence-electron chi connectivity index (χ0n) is 12.9. The first-order valence-electron chi connectivity index (χ1n) is 7.40. The molecule has 0 fully saturated rings. The summed E-state index contributed by atoms with van der Waals surface area (Å²) in [5.41, 5.74) is 3.45. The Morgan fingerprint density at radius 2 is 2.04 bits per heavy atom. The first kappa shape index (κ1) is 16.7. The van der Waals surface area contributed by atoms with Crippen LogP contribution in [0.25, 0.3) is 0 Å². The van der Waals surface area contributed by atoms with E-state index in [2.05, 4.69) is 15.8 Å². The maximum absolute atomic E-state index is 11.7. The van der Waals surface area contributed by atoms with Gasteiger partial charge in [0.05, 0.1) is 0 Å². The summed E-state index contributed by atoms with van der Waals surface area (Å²) in [7, 11) is 0. The van der Waals surface area contributed by atoms with E-state index in [0.717, 1.165) is 5.56 Å². The van der Waals surface area contributed by atoms with Gasteiger partial charge in [0.25, 0.3) is 5.91 Å². The third-order valence-electron chi connectivity index (χ3n) is 3.45. The van der Waals surface area contributed by atoms with Crippen molar-refractivity contribution in [2.24, 2.45) is 5.10 Å². The quantitative estimate of drug-likeness (QED) is 0.755. The van der Waals surface area contributed by atoms with E-state index in [1.165, 1.54) is 0 Å². The largest absolute Gasteiger partial charge is 0.451 e. The Hall–Kier alpha value is -2.70. The van der Waals surface area contributed by atoms with Crippen molar-refractivity contribution in [3.8, 4) is 0 Å². The summed E-state index contributed by atoms with van der Waals surface area (Å²) < 4.78 is 4.88. The first-order chi connectivity index (χ1) is 11.1. The Kier molecular flexibility index (Phi) is 5.85. The van der Waals surface area contributed by atoms with Crippen LogP contribution in [0.2, 0.25) is 0 Å². The highest BCUT2D eigenvalue weighted by molar-refractivity contribution is 6.37. The Bertz CT molecular complexity index is 613. The summed E-state index contributed by atoms with van der Waals surface area (Å²) in [6, 6.07) is 9.81. The molecule has 1 aliphatic rings. The monoisotopic (exact) mass is 317 g/mol. The molecule has 0 saturated heterocycles. The highest BCUT2D eigenvalue weighted by Crippen LogP contribution is 2.12. The zero-order chi connectivity index (χ0) is 16.7. The molecule has 0 saturated carbocycles. The average molecular weight is 317 g/mol. The number of nitrogens with one attached hydrogen (secondary N) is 2. The first-order valence-corrected chi connectivity index (χ1v) is 7.40. The second-order valence-electron chi connectivity index (χ2n) is 5.29. The minimum absolute atomic E-state index is 0.120. The zero-order valence-corrected chi connectivity index (χ0v) is 12.9. The summed E-state index contributed by atoms with van der Waals surface area (Å²) in [4.78, 5) is 34.3. The molecule has 7 heteroatoms. The fraction of sp³-hybridized carbons (Fsp3) is 0.375. The number of nitrogens with zero attached hydrogens (tertiary/aromatic N) is 1. The van der Waals surface area contributed by atoms with Crippen molar-refractivity contribution >= 4 is 23.5 Å². The molecule has 0 bridgehead atoms. The predicted molar refractivity (Wildman–Crippen MR) is 83.6 cm³/mol. The van der Waals surface area contributed by atoms with Gasteiger partial charge in [0, 0.05) is 19.4 Å². The summed E-state index contributed by atoms with van der Waals surface area (Å²) in [6.45, 7) is 2.09. The van der Waals surface area contributed by atoms with Gasteiger partial charge in [0.1, 0.15) is 5.71 Å². The van der Waals surface area contributed by atoms with Crippen LogP contribution in [0.5, 0.6) is 0 Å². The molecule has 2 rings (SSSR count). The summed E-state index contributed by atoms with van der Waals surface area (Å²) >= 11 is 0. The molecule has 2 amide bonds. The minimum Gasteiger partial charge on any atom is -0.451 e. The second-order valence-corrected chi connectivity index (χ2v) is 5.29. The van der Waals surface area contributed by atoms with E-state index in [-0.39, 0.29) is 42.9 Å². The highest BCUT2D eigenvalue weighted by Gasteiger charge is 2.20. The maximum Gasteiger partial charge on any atom is 0.355 e. The van der Waals surface area contributed by atoms with Gasteiger partial charge in [-0.05, 0) is 11.5 Å². The van der Waals surface area contributed by atoms with Crippen LogP contribution in [-0.2, 0) is 19.1 Å². The third kappa shape index (κ3) is 5.21. The van der Waals surface area contributed by atoms with Crippen molar-refractivity contribution < 1.29 is 19.1 Å². The molecule has 122 valence electrons. The summed E-state index contributed by atoms with van der Waals surface area (Å²) in [6.07, 6.45) is 0.409. The molecule has 1 aliphatic heterocycles. The number of hydrogen-bond acceptors (Lipinski definition) is 5. The van der Waals surface area contributed by atoms with E-state index in [0.29, 0.717) is 6.54 Å². The smallest absolute Gasteiger partial charge is 0.355 e. The number of hydrogen-bond donors (Lipinski definition) is 2. The molecule has 0 aromatic heterocycles. The SMILES string of the molecule is C[C@H](CNC(=O)COC(=O)C1=NNC(=O)CC1)c1ccccc1. The van der Waals surface area contributed by atoms with Crippen LogP contribution in [0.15, 0.2) is 35.4 Å². The van der Waals surface area contributed by atoms with Crippen molar-refractivity contribution in [2.45, 2.75) is 25.7 Å². The van der Waals surface area contributed by atoms with Gasteiger partial charge in [0.2, 0.25) is 5.91 Å². The molecule has 23 heavy (non-hydrogen) atoms. The highest BCUT2D eigenvalue weighted by atomic mass is 16.5. The number of rotatable bonds is 6. The van der Waals surface area contributed by atoms with E-state index in [1.54, 1.807) is 0 Å². The Morgan fingerprint density at radius 1 is 1.30 bits per heavy atom. The van der Waals surface area contributed by atoms with Crippen LogP contribution in [-0.4, -0.2) is 36.6 Å². The van der Waals surface area contributed by atoms with Gasteiger partial charge in [-0.25, -0.2) is 10.2 Å². The van der Waals surface area contributed by atoms with Gasteiger partial charge in [-0.15, -0.1) is 0 Å². The van der Waals surface area contributed by atoms with Crippen molar-refractivity contribution in [1.82, 2.24) is 10.7 Å². The van der Waals surface area contributed by atoms with Gasteiger partial charge < -0.3 is 10.1 Å². The maximum atomic E-state index is 11.7. The Labute approximate surface area is 134 Å². The van der Waals surface area contributed by atoms with Crippen LogP contribution in [0, 0.1) is 0 Å². The number of hydrazone groups is 1. The Morgan fingerprint density at radius 3 is 2.70 bits per heavy atom. The molecule has 0 radical (unpaired) electrons. The van der Waals surface area contributed by atoms with Crippen LogP contribution in [0.3, 0.4) is 0 Å². The lowest BCUT2D eigenvalue weighted by Crippen LogP contribution is -2.35. The van der Waals surface area contributed by atoms with Crippen LogP contribution in [0.4, 0.5) is 0 Å². The summed E-state index contributed by atoms with van der Waals surface area (Å²) in [5, 5.41) is 6.33. The lowest BCUT2D eigenvalue weighted by Gasteiger charge is -2.14. The molecule has 1 atom stereocenters. The Balaban J connectivity index is 1.71. The lowest BCUT2D eigenvalue weighted by atomic mass is 10.0. The number of ether oxygens (including phenoxy) is 1. The van der Waals surface area contributed by atoms with Gasteiger partial charge >= 0.3 is 5.97 Å². The van der Waals surface area contributed by atoms with E-state index in [4.69, 9.17) is 4.74 Å². The normalized spacial score (nSPS) is 15.2. The molecule has 1 heterocycles. The molecular weight excluding hydrogens is 298 g/mol. The van der Waals surface area contributed by atoms with Gasteiger partial charge in [0.15, 0.2) is 6.61 Å². The van der Waals surface area contributed by atoms with E-state index >= 15 is 0 Å². The van der Waals surface area contributed by atoms with Crippen molar-refractivity contribution in [3.63, 3.8) is 0 Å². The number of esters is 1. The minimum atomic E-state index is -0.684. The van der Waals surface area contributed by atoms with Gasteiger partial charge in [-0.1, -0.05) is 37.3 Å². The molecule has 0 spiro atoms. The molecule has 2 N–H and O–H groups in total. The molecule has 0 unspecified atom stereocenters. The van der Waals surface area contributed by atoms with E-state index in [1.807, 2.05) is 37.3 Å². The second kappa shape index (κ2) is 8.07. The van der Waals surface area contributed by atoms with Crippen molar-refractivity contribution in [1.29, 1.82) is 0 Å². The molecule has 1 aromatic carbocycles. The number of carbonyl (C=O) groups is 3.